The van der Waals surface area contributed by atoms with Gasteiger partial charge in [0.25, 0.3) is 5.69 Å². The minimum Gasteiger partial charge on any atom is -0.458 e. The van der Waals surface area contributed by atoms with Crippen molar-refractivity contribution in [2.45, 2.75) is 19.8 Å². The summed E-state index contributed by atoms with van der Waals surface area (Å²) in [5.41, 5.74) is 4.20. The van der Waals surface area contributed by atoms with Crippen LogP contribution < -0.4 is 5.32 Å². The van der Waals surface area contributed by atoms with Crippen LogP contribution in [-0.2, 0) is 9.53 Å². The van der Waals surface area contributed by atoms with E-state index in [9.17, 15) is 14.9 Å². The van der Waals surface area contributed by atoms with Crippen molar-refractivity contribution in [2.75, 3.05) is 6.61 Å². The van der Waals surface area contributed by atoms with Crippen LogP contribution >= 0.6 is 0 Å². The molecule has 3 rings (SSSR count). The van der Waals surface area contributed by atoms with Crippen molar-refractivity contribution in [1.82, 2.24) is 10.3 Å². The quantitative estimate of drug-likeness (QED) is 0.345. The van der Waals surface area contributed by atoms with Crippen molar-refractivity contribution in [3.05, 3.63) is 99.7 Å². The van der Waals surface area contributed by atoms with Crippen LogP contribution in [0.2, 0.25) is 0 Å². The molecule has 0 aliphatic carbocycles. The number of esters is 1. The monoisotopic (exact) mass is 391 g/mol. The maximum Gasteiger partial charge on any atom is 0.337 e. The predicted octanol–water partition coefficient (Wildman–Crippen LogP) is 4.11. The molecular formula is C22H21N3O4. The van der Waals surface area contributed by atoms with Gasteiger partial charge in [-0.1, -0.05) is 24.8 Å². The number of dihydropyridines is 1. The number of nitrogens with zero attached hydrogens (tertiary/aromatic N) is 2. The molecule has 1 aliphatic rings. The Morgan fingerprint density at radius 3 is 2.66 bits per heavy atom. The second kappa shape index (κ2) is 8.52. The van der Waals surface area contributed by atoms with Gasteiger partial charge in [0, 0.05) is 41.8 Å². The summed E-state index contributed by atoms with van der Waals surface area (Å²) in [5, 5.41) is 14.6. The summed E-state index contributed by atoms with van der Waals surface area (Å²) in [4.78, 5) is 27.9. The third-order valence-corrected chi connectivity index (χ3v) is 4.72. The van der Waals surface area contributed by atoms with E-state index in [1.54, 1.807) is 31.5 Å². The zero-order chi connectivity index (χ0) is 21.0. The Hall–Kier alpha value is -3.74. The third-order valence-electron chi connectivity index (χ3n) is 4.72. The van der Waals surface area contributed by atoms with Crippen LogP contribution in [0.5, 0.6) is 0 Å². The van der Waals surface area contributed by atoms with Crippen LogP contribution in [0.4, 0.5) is 5.69 Å². The van der Waals surface area contributed by atoms with Crippen LogP contribution in [0.15, 0.2) is 78.4 Å². The lowest BCUT2D eigenvalue weighted by Gasteiger charge is -2.31. The fourth-order valence-electron chi connectivity index (χ4n) is 3.54. The molecule has 1 aromatic heterocycles. The number of hydrogen-bond donors (Lipinski definition) is 1. The molecule has 148 valence electrons. The number of ether oxygens (including phenoxy) is 1. The Bertz CT molecular complexity index is 1030. The molecule has 0 saturated heterocycles. The molecule has 1 N–H and O–H groups in total. The van der Waals surface area contributed by atoms with E-state index in [0.29, 0.717) is 16.8 Å². The number of carbonyl (C=O) groups is 1. The van der Waals surface area contributed by atoms with Crippen molar-refractivity contribution in [2.24, 2.45) is 0 Å². The largest absolute Gasteiger partial charge is 0.458 e. The SMILES string of the molecule is C=CCOC(=O)C1=C(C)NC(C)=C(c2ccncc2)C1c1cccc([N+](=O)[O-])c1. The average molecular weight is 391 g/mol. The number of hydrogen-bond acceptors (Lipinski definition) is 6. The molecule has 2 heterocycles. The highest BCUT2D eigenvalue weighted by atomic mass is 16.6. The van der Waals surface area contributed by atoms with Gasteiger partial charge in [-0.05, 0) is 42.7 Å². The van der Waals surface area contributed by atoms with Gasteiger partial charge < -0.3 is 10.1 Å². The number of nitro benzene ring substituents is 1. The maximum absolute atomic E-state index is 12.9. The Labute approximate surface area is 168 Å². The molecule has 0 saturated carbocycles. The molecule has 0 fully saturated rings. The lowest BCUT2D eigenvalue weighted by Crippen LogP contribution is -2.28. The first-order valence-corrected chi connectivity index (χ1v) is 9.05. The third kappa shape index (κ3) is 4.08. The molecular weight excluding hydrogens is 370 g/mol. The highest BCUT2D eigenvalue weighted by Gasteiger charge is 2.35. The van der Waals surface area contributed by atoms with E-state index < -0.39 is 16.8 Å². The number of carbonyl (C=O) groups excluding carboxylic acids is 1. The number of pyridine rings is 1. The smallest absolute Gasteiger partial charge is 0.337 e. The molecule has 1 aromatic carbocycles. The fourth-order valence-corrected chi connectivity index (χ4v) is 3.54. The first-order valence-electron chi connectivity index (χ1n) is 9.05. The topological polar surface area (TPSA) is 94.4 Å². The van der Waals surface area contributed by atoms with Gasteiger partial charge in [0.1, 0.15) is 6.61 Å². The van der Waals surface area contributed by atoms with E-state index in [1.165, 1.54) is 18.2 Å². The van der Waals surface area contributed by atoms with Gasteiger partial charge in [0.15, 0.2) is 0 Å². The van der Waals surface area contributed by atoms with Gasteiger partial charge in [-0.3, -0.25) is 15.1 Å². The van der Waals surface area contributed by atoms with E-state index in [4.69, 9.17) is 4.74 Å². The predicted molar refractivity (Wildman–Crippen MR) is 110 cm³/mol. The average Bonchev–Trinajstić information content (AvgIpc) is 2.72. The second-order valence-electron chi connectivity index (χ2n) is 6.61. The minimum absolute atomic E-state index is 0.0378. The van der Waals surface area contributed by atoms with Gasteiger partial charge in [-0.2, -0.15) is 0 Å². The highest BCUT2D eigenvalue weighted by Crippen LogP contribution is 2.44. The molecule has 2 aromatic rings. The normalized spacial score (nSPS) is 16.3. The molecule has 1 aliphatic heterocycles. The van der Waals surface area contributed by atoms with Gasteiger partial charge in [-0.25, -0.2) is 4.79 Å². The number of benzene rings is 1. The van der Waals surface area contributed by atoms with Crippen LogP contribution in [0.1, 0.15) is 30.9 Å². The van der Waals surface area contributed by atoms with Crippen molar-refractivity contribution in [3.63, 3.8) is 0 Å². The summed E-state index contributed by atoms with van der Waals surface area (Å²) in [6, 6.07) is 10.0. The summed E-state index contributed by atoms with van der Waals surface area (Å²) in [6.07, 6.45) is 4.83. The molecule has 0 spiro atoms. The Morgan fingerprint density at radius 2 is 2.00 bits per heavy atom. The first kappa shape index (κ1) is 20.0. The van der Waals surface area contributed by atoms with Crippen molar-refractivity contribution < 1.29 is 14.5 Å². The zero-order valence-corrected chi connectivity index (χ0v) is 16.2. The van der Waals surface area contributed by atoms with Crippen LogP contribution in [0, 0.1) is 10.1 Å². The van der Waals surface area contributed by atoms with Gasteiger partial charge in [0.05, 0.1) is 10.5 Å². The molecule has 7 nitrogen and oxygen atoms in total. The van der Waals surface area contributed by atoms with E-state index in [2.05, 4.69) is 16.9 Å². The molecule has 1 atom stereocenters. The number of non-ortho nitro benzene ring substituents is 1. The van der Waals surface area contributed by atoms with Crippen LogP contribution in [-0.4, -0.2) is 22.5 Å². The van der Waals surface area contributed by atoms with E-state index in [0.717, 1.165) is 16.8 Å². The van der Waals surface area contributed by atoms with E-state index in [1.807, 2.05) is 19.1 Å². The molecule has 0 amide bonds. The first-order chi connectivity index (χ1) is 13.9. The van der Waals surface area contributed by atoms with Crippen LogP contribution in [0.25, 0.3) is 5.57 Å². The fraction of sp³-hybridized carbons (Fsp3) is 0.182. The lowest BCUT2D eigenvalue weighted by molar-refractivity contribution is -0.384. The molecule has 0 bridgehead atoms. The molecule has 7 heteroatoms. The summed E-state index contributed by atoms with van der Waals surface area (Å²) in [6.45, 7) is 7.36. The van der Waals surface area contributed by atoms with Crippen molar-refractivity contribution in [1.29, 1.82) is 0 Å². The van der Waals surface area contributed by atoms with E-state index >= 15 is 0 Å². The van der Waals surface area contributed by atoms with Crippen molar-refractivity contribution in [3.8, 4) is 0 Å². The van der Waals surface area contributed by atoms with Crippen molar-refractivity contribution >= 4 is 17.2 Å². The molecule has 29 heavy (non-hydrogen) atoms. The number of allylic oxidation sites excluding steroid dienone is 3. The summed E-state index contributed by atoms with van der Waals surface area (Å²) >= 11 is 0. The van der Waals surface area contributed by atoms with Gasteiger partial charge >= 0.3 is 5.97 Å². The summed E-state index contributed by atoms with van der Waals surface area (Å²) < 4.78 is 5.33. The van der Waals surface area contributed by atoms with Gasteiger partial charge in [0.2, 0.25) is 0 Å². The summed E-state index contributed by atoms with van der Waals surface area (Å²) in [5.74, 6) is -1.03. The minimum atomic E-state index is -0.532. The Morgan fingerprint density at radius 1 is 1.28 bits per heavy atom. The van der Waals surface area contributed by atoms with E-state index in [-0.39, 0.29) is 12.3 Å². The number of nitro groups is 1. The molecule has 1 unspecified atom stereocenters. The Balaban J connectivity index is 2.21. The Kier molecular flexibility index (Phi) is 5.87. The summed E-state index contributed by atoms with van der Waals surface area (Å²) in [7, 11) is 0. The second-order valence-corrected chi connectivity index (χ2v) is 6.61. The standard InChI is InChI=1S/C22H21N3O4/c1-4-12-29-22(26)20-15(3)24-14(2)19(16-8-10-23-11-9-16)21(20)17-6-5-7-18(13-17)25(27)28/h4-11,13,21,24H,1,12H2,2-3H3. The molecule has 0 radical (unpaired) electrons. The van der Waals surface area contributed by atoms with Crippen LogP contribution in [0.3, 0.4) is 0 Å². The lowest BCUT2D eigenvalue weighted by atomic mass is 9.78. The maximum atomic E-state index is 12.9. The highest BCUT2D eigenvalue weighted by molar-refractivity contribution is 5.97. The van der Waals surface area contributed by atoms with Gasteiger partial charge in [-0.15, -0.1) is 0 Å². The number of aromatic nitrogens is 1. The zero-order valence-electron chi connectivity index (χ0n) is 16.2. The number of nitrogens with one attached hydrogen (secondary N) is 1. The number of rotatable bonds is 6.